The molecule has 1 atom stereocenters. The molecule has 1 aliphatic rings. The molecule has 1 heterocycles. The van der Waals surface area contributed by atoms with Crippen LogP contribution in [-0.2, 0) is 17.6 Å². The molecule has 4 nitrogen and oxygen atoms in total. The first kappa shape index (κ1) is 16.3. The normalized spacial score (nSPS) is 16.5. The number of nitrogens with zero attached hydrogens (tertiary/aromatic N) is 2. The zero-order chi connectivity index (χ0) is 16.4. The molecule has 23 heavy (non-hydrogen) atoms. The van der Waals surface area contributed by atoms with Crippen molar-refractivity contribution in [2.45, 2.75) is 30.5 Å². The molecule has 0 fully saturated rings. The highest BCUT2D eigenvalue weighted by Crippen LogP contribution is 2.37. The minimum atomic E-state index is -0.829. The summed E-state index contributed by atoms with van der Waals surface area (Å²) in [7, 11) is 2.83. The van der Waals surface area contributed by atoms with E-state index < -0.39 is 17.6 Å². The SMILES string of the molecule is O=C(O)CCSSc1nccn1C1Cc2ccc(F)c(F)c2C1. The van der Waals surface area contributed by atoms with Crippen LogP contribution >= 0.6 is 21.6 Å². The highest BCUT2D eigenvalue weighted by molar-refractivity contribution is 8.76. The van der Waals surface area contributed by atoms with Crippen molar-refractivity contribution in [3.63, 3.8) is 0 Å². The summed E-state index contributed by atoms with van der Waals surface area (Å²) in [5.74, 6) is -1.91. The van der Waals surface area contributed by atoms with Crippen LogP contribution in [0.25, 0.3) is 0 Å². The smallest absolute Gasteiger partial charge is 0.304 e. The third-order valence-electron chi connectivity index (χ3n) is 3.75. The van der Waals surface area contributed by atoms with Crippen molar-refractivity contribution >= 4 is 27.6 Å². The lowest BCUT2D eigenvalue weighted by Gasteiger charge is -2.14. The van der Waals surface area contributed by atoms with Crippen LogP contribution < -0.4 is 0 Å². The summed E-state index contributed by atoms with van der Waals surface area (Å²) in [6, 6.07) is 2.81. The Morgan fingerprint density at radius 3 is 3.00 bits per heavy atom. The predicted molar refractivity (Wildman–Crippen MR) is 85.6 cm³/mol. The summed E-state index contributed by atoms with van der Waals surface area (Å²) in [4.78, 5) is 14.8. The third-order valence-corrected chi connectivity index (χ3v) is 6.00. The zero-order valence-corrected chi connectivity index (χ0v) is 13.7. The Labute approximate surface area is 139 Å². The van der Waals surface area contributed by atoms with Crippen LogP contribution in [-0.4, -0.2) is 26.4 Å². The fourth-order valence-electron chi connectivity index (χ4n) is 2.67. The maximum absolute atomic E-state index is 13.9. The summed E-state index contributed by atoms with van der Waals surface area (Å²) in [5, 5.41) is 9.39. The van der Waals surface area contributed by atoms with Gasteiger partial charge in [0.15, 0.2) is 16.8 Å². The number of aromatic nitrogens is 2. The first-order valence-corrected chi connectivity index (χ1v) is 9.38. The number of imidazole rings is 1. The summed E-state index contributed by atoms with van der Waals surface area (Å²) in [5.41, 5.74) is 1.27. The van der Waals surface area contributed by atoms with E-state index in [4.69, 9.17) is 5.11 Å². The Hall–Kier alpha value is -1.54. The molecule has 1 unspecified atom stereocenters. The average Bonchev–Trinajstić information content (AvgIpc) is 3.13. The number of rotatable bonds is 6. The lowest BCUT2D eigenvalue weighted by atomic mass is 10.1. The van der Waals surface area contributed by atoms with E-state index in [-0.39, 0.29) is 12.5 Å². The number of carboxylic acids is 1. The van der Waals surface area contributed by atoms with E-state index in [2.05, 4.69) is 4.98 Å². The van der Waals surface area contributed by atoms with Crippen LogP contribution in [0.4, 0.5) is 8.78 Å². The van der Waals surface area contributed by atoms with Gasteiger partial charge in [0.2, 0.25) is 0 Å². The third kappa shape index (κ3) is 3.53. The Kier molecular flexibility index (Phi) is 4.91. The van der Waals surface area contributed by atoms with Gasteiger partial charge in [-0.25, -0.2) is 13.8 Å². The summed E-state index contributed by atoms with van der Waals surface area (Å²) >= 11 is 0. The molecule has 3 rings (SSSR count). The Morgan fingerprint density at radius 2 is 2.22 bits per heavy atom. The summed E-state index contributed by atoms with van der Waals surface area (Å²) in [6.45, 7) is 0. The van der Waals surface area contributed by atoms with Crippen molar-refractivity contribution in [1.29, 1.82) is 0 Å². The van der Waals surface area contributed by atoms with Crippen LogP contribution in [0.5, 0.6) is 0 Å². The number of hydrogen-bond acceptors (Lipinski definition) is 4. The molecule has 1 aromatic heterocycles. The Balaban J connectivity index is 1.69. The van der Waals surface area contributed by atoms with Gasteiger partial charge in [0.25, 0.3) is 0 Å². The molecule has 0 saturated carbocycles. The van der Waals surface area contributed by atoms with Gasteiger partial charge < -0.3 is 9.67 Å². The Morgan fingerprint density at radius 1 is 1.39 bits per heavy atom. The number of halogens is 2. The highest BCUT2D eigenvalue weighted by atomic mass is 33.1. The molecule has 1 N–H and O–H groups in total. The molecule has 0 aliphatic heterocycles. The molecule has 0 spiro atoms. The number of carboxylic acid groups (broad SMARTS) is 1. The number of benzene rings is 1. The van der Waals surface area contributed by atoms with Crippen LogP contribution in [0.15, 0.2) is 29.7 Å². The van der Waals surface area contributed by atoms with Gasteiger partial charge in [0.1, 0.15) is 0 Å². The molecule has 1 aromatic carbocycles. The number of hydrogen-bond donors (Lipinski definition) is 1. The van der Waals surface area contributed by atoms with E-state index in [0.717, 1.165) is 10.7 Å². The van der Waals surface area contributed by atoms with E-state index in [1.165, 1.54) is 27.7 Å². The molecule has 0 amide bonds. The van der Waals surface area contributed by atoms with E-state index in [1.807, 2.05) is 10.8 Å². The fraction of sp³-hybridized carbons (Fsp3) is 0.333. The Bertz CT molecular complexity index is 736. The maximum atomic E-state index is 13.9. The first-order valence-electron chi connectivity index (χ1n) is 7.06. The molecule has 0 radical (unpaired) electrons. The first-order chi connectivity index (χ1) is 11.1. The van der Waals surface area contributed by atoms with Crippen molar-refractivity contribution in [3.05, 3.63) is 47.3 Å². The van der Waals surface area contributed by atoms with Gasteiger partial charge in [0, 0.05) is 24.2 Å². The van der Waals surface area contributed by atoms with Gasteiger partial charge in [-0.2, -0.15) is 0 Å². The van der Waals surface area contributed by atoms with Gasteiger partial charge in [-0.1, -0.05) is 16.9 Å². The van der Waals surface area contributed by atoms with Crippen LogP contribution in [0, 0.1) is 11.6 Å². The predicted octanol–water partition coefficient (Wildman–Crippen LogP) is 3.72. The van der Waals surface area contributed by atoms with Gasteiger partial charge >= 0.3 is 5.97 Å². The van der Waals surface area contributed by atoms with Gasteiger partial charge in [0.05, 0.1) is 6.42 Å². The second kappa shape index (κ2) is 6.92. The maximum Gasteiger partial charge on any atom is 0.304 e. The molecule has 122 valence electrons. The lowest BCUT2D eigenvalue weighted by Crippen LogP contribution is -2.09. The molecule has 1 aliphatic carbocycles. The standard InChI is InChI=1S/C15H14F2N2O2S2/c16-12-2-1-9-7-10(8-11(9)14(12)17)19-5-4-18-15(19)23-22-6-3-13(20)21/h1-2,4-5,10H,3,6-8H2,(H,20,21). The molecular weight excluding hydrogens is 342 g/mol. The zero-order valence-electron chi connectivity index (χ0n) is 12.0. The van der Waals surface area contributed by atoms with Crippen molar-refractivity contribution in [1.82, 2.24) is 9.55 Å². The van der Waals surface area contributed by atoms with E-state index in [0.29, 0.717) is 24.2 Å². The second-order valence-corrected chi connectivity index (χ2v) is 7.61. The fourth-order valence-corrected chi connectivity index (χ4v) is 4.72. The lowest BCUT2D eigenvalue weighted by molar-refractivity contribution is -0.136. The highest BCUT2D eigenvalue weighted by Gasteiger charge is 2.28. The van der Waals surface area contributed by atoms with Crippen molar-refractivity contribution < 1.29 is 18.7 Å². The van der Waals surface area contributed by atoms with E-state index in [9.17, 15) is 13.6 Å². The molecule has 0 bridgehead atoms. The van der Waals surface area contributed by atoms with Crippen LogP contribution in [0.1, 0.15) is 23.6 Å². The van der Waals surface area contributed by atoms with Crippen LogP contribution in [0.3, 0.4) is 0 Å². The largest absolute Gasteiger partial charge is 0.481 e. The van der Waals surface area contributed by atoms with Crippen molar-refractivity contribution in [2.24, 2.45) is 0 Å². The number of carbonyl (C=O) groups is 1. The summed E-state index contributed by atoms with van der Waals surface area (Å²) < 4.78 is 29.2. The second-order valence-electron chi connectivity index (χ2n) is 5.23. The van der Waals surface area contributed by atoms with Gasteiger partial charge in [-0.3, -0.25) is 4.79 Å². The average molecular weight is 356 g/mol. The minimum Gasteiger partial charge on any atom is -0.481 e. The molecule has 2 aromatic rings. The quantitative estimate of drug-likeness (QED) is 0.632. The van der Waals surface area contributed by atoms with Crippen molar-refractivity contribution in [3.8, 4) is 0 Å². The summed E-state index contributed by atoms with van der Waals surface area (Å²) in [6.07, 6.45) is 4.65. The molecule has 0 saturated heterocycles. The van der Waals surface area contributed by atoms with E-state index >= 15 is 0 Å². The minimum absolute atomic E-state index is 0.00590. The molecular formula is C15H14F2N2O2S2. The monoisotopic (exact) mass is 356 g/mol. The van der Waals surface area contributed by atoms with E-state index in [1.54, 1.807) is 12.3 Å². The van der Waals surface area contributed by atoms with Gasteiger partial charge in [-0.05, 0) is 40.8 Å². The number of aliphatic carboxylic acids is 1. The van der Waals surface area contributed by atoms with Crippen molar-refractivity contribution in [2.75, 3.05) is 5.75 Å². The molecule has 8 heteroatoms. The number of fused-ring (bicyclic) bond motifs is 1. The topological polar surface area (TPSA) is 55.1 Å². The van der Waals surface area contributed by atoms with Gasteiger partial charge in [-0.15, -0.1) is 0 Å². The van der Waals surface area contributed by atoms with Crippen LogP contribution in [0.2, 0.25) is 0 Å².